The molecule has 0 saturated carbocycles. The monoisotopic (exact) mass is 453 g/mol. The number of hydrogen-bond donors (Lipinski definition) is 1. The normalized spacial score (nSPS) is 16.6. The number of ether oxygens (including phenoxy) is 3. The second-order valence-electron chi connectivity index (χ2n) is 7.03. The second kappa shape index (κ2) is 10.9. The summed E-state index contributed by atoms with van der Waals surface area (Å²) in [4.78, 5) is 23.7. The van der Waals surface area contributed by atoms with Crippen LogP contribution in [0, 0.1) is 0 Å². The zero-order chi connectivity index (χ0) is 21.5. The first-order valence-electron chi connectivity index (χ1n) is 9.72. The van der Waals surface area contributed by atoms with E-state index in [-0.39, 0.29) is 24.5 Å². The van der Waals surface area contributed by atoms with E-state index < -0.39 is 13.7 Å². The number of benzene rings is 2. The van der Waals surface area contributed by atoms with Crippen molar-refractivity contribution in [3.8, 4) is 5.75 Å². The Hall–Kier alpha value is -1.92. The molecule has 0 aromatic heterocycles. The van der Waals surface area contributed by atoms with E-state index >= 15 is 0 Å². The van der Waals surface area contributed by atoms with Gasteiger partial charge in [-0.2, -0.15) is 0 Å². The molecule has 2 atom stereocenters. The van der Waals surface area contributed by atoms with Crippen LogP contribution in [0.3, 0.4) is 0 Å². The molecule has 1 N–H and O–H groups in total. The zero-order valence-corrected chi connectivity index (χ0v) is 18.6. The standard InChI is InChI=1S/C21H25ClNO6P/c1-14(21(25)28-18-7-9-27-10-8-18)23-30(22)29-19-6-5-16-11-15(12-20(24)26-2)3-4-17(16)13-19/h3-6,11,13-14,18,23H,7-10,12H2,1-2H3/t14-,30?/m0/s1. The van der Waals surface area contributed by atoms with Crippen molar-refractivity contribution in [3.63, 3.8) is 0 Å². The average Bonchev–Trinajstić information content (AvgIpc) is 2.74. The molecule has 30 heavy (non-hydrogen) atoms. The minimum absolute atomic E-state index is 0.109. The van der Waals surface area contributed by atoms with Gasteiger partial charge in [-0.1, -0.05) is 24.3 Å². The molecular weight excluding hydrogens is 429 g/mol. The first kappa shape index (κ1) is 22.8. The third-order valence-electron chi connectivity index (χ3n) is 4.74. The van der Waals surface area contributed by atoms with Crippen molar-refractivity contribution in [3.05, 3.63) is 42.0 Å². The maximum absolute atomic E-state index is 12.2. The van der Waals surface area contributed by atoms with Crippen molar-refractivity contribution < 1.29 is 28.3 Å². The predicted octanol–water partition coefficient (Wildman–Crippen LogP) is 4.10. The predicted molar refractivity (Wildman–Crippen MR) is 116 cm³/mol. The van der Waals surface area contributed by atoms with Gasteiger partial charge in [0, 0.05) is 12.8 Å². The van der Waals surface area contributed by atoms with Gasteiger partial charge in [0.2, 0.25) is 0 Å². The van der Waals surface area contributed by atoms with Gasteiger partial charge >= 0.3 is 11.9 Å². The largest absolute Gasteiger partial charge is 0.469 e. The Morgan fingerprint density at radius 2 is 1.90 bits per heavy atom. The van der Waals surface area contributed by atoms with E-state index in [4.69, 9.17) is 30.0 Å². The summed E-state index contributed by atoms with van der Waals surface area (Å²) in [5.74, 6) is -0.0465. The Morgan fingerprint density at radius 3 is 2.63 bits per heavy atom. The number of methoxy groups -OCH3 is 1. The fraction of sp³-hybridized carbons (Fsp3) is 0.429. The van der Waals surface area contributed by atoms with Gasteiger partial charge in [-0.05, 0) is 46.6 Å². The molecule has 3 rings (SSSR count). The van der Waals surface area contributed by atoms with Gasteiger partial charge in [0.25, 0.3) is 7.65 Å². The molecule has 1 aliphatic rings. The van der Waals surface area contributed by atoms with Crippen LogP contribution in [0.4, 0.5) is 0 Å². The van der Waals surface area contributed by atoms with E-state index in [0.717, 1.165) is 16.3 Å². The molecule has 162 valence electrons. The Bertz CT molecular complexity index is 889. The van der Waals surface area contributed by atoms with Gasteiger partial charge in [0.05, 0.1) is 26.7 Å². The topological polar surface area (TPSA) is 83.1 Å². The number of rotatable bonds is 8. The summed E-state index contributed by atoms with van der Waals surface area (Å²) in [7, 11) is -0.220. The van der Waals surface area contributed by atoms with Crippen LogP contribution in [0.25, 0.3) is 10.8 Å². The Morgan fingerprint density at radius 1 is 1.20 bits per heavy atom. The zero-order valence-electron chi connectivity index (χ0n) is 16.9. The SMILES string of the molecule is COC(=O)Cc1ccc2cc(OP(Cl)N[C@@H](C)C(=O)OC3CCOCC3)ccc2c1. The van der Waals surface area contributed by atoms with Crippen molar-refractivity contribution in [2.24, 2.45) is 0 Å². The Labute approximate surface area is 181 Å². The molecule has 0 aliphatic carbocycles. The van der Waals surface area contributed by atoms with Gasteiger partial charge in [-0.15, -0.1) is 0 Å². The Kier molecular flexibility index (Phi) is 8.28. The average molecular weight is 454 g/mol. The van der Waals surface area contributed by atoms with Crippen LogP contribution < -0.4 is 9.61 Å². The summed E-state index contributed by atoms with van der Waals surface area (Å²) < 4.78 is 21.2. The van der Waals surface area contributed by atoms with Crippen LogP contribution in [0.15, 0.2) is 36.4 Å². The maximum Gasteiger partial charge on any atom is 0.323 e. The lowest BCUT2D eigenvalue weighted by atomic mass is 10.0. The quantitative estimate of drug-likeness (QED) is 0.476. The summed E-state index contributed by atoms with van der Waals surface area (Å²) in [6.45, 7) is 2.92. The third-order valence-corrected chi connectivity index (χ3v) is 6.20. The molecule has 7 nitrogen and oxygen atoms in total. The van der Waals surface area contributed by atoms with Crippen LogP contribution in [-0.2, 0) is 30.2 Å². The van der Waals surface area contributed by atoms with E-state index in [1.807, 2.05) is 30.3 Å². The highest BCUT2D eigenvalue weighted by molar-refractivity contribution is 7.78. The number of esters is 2. The summed E-state index contributed by atoms with van der Waals surface area (Å²) in [6, 6.07) is 10.7. The smallest absolute Gasteiger partial charge is 0.323 e. The Balaban J connectivity index is 1.54. The molecule has 2 aromatic rings. The van der Waals surface area contributed by atoms with Crippen LogP contribution in [0.2, 0.25) is 0 Å². The van der Waals surface area contributed by atoms with Crippen molar-refractivity contribution in [1.82, 2.24) is 5.09 Å². The van der Waals surface area contributed by atoms with Gasteiger partial charge < -0.3 is 18.7 Å². The van der Waals surface area contributed by atoms with Crippen LogP contribution in [0.5, 0.6) is 5.75 Å². The van der Waals surface area contributed by atoms with Crippen molar-refractivity contribution in [2.75, 3.05) is 20.3 Å². The molecule has 2 aromatic carbocycles. The van der Waals surface area contributed by atoms with E-state index in [0.29, 0.717) is 31.8 Å². The molecule has 1 fully saturated rings. The van der Waals surface area contributed by atoms with Crippen molar-refractivity contribution in [1.29, 1.82) is 0 Å². The molecule has 1 saturated heterocycles. The molecule has 1 unspecified atom stereocenters. The van der Waals surface area contributed by atoms with Crippen molar-refractivity contribution in [2.45, 2.75) is 38.3 Å². The third kappa shape index (κ3) is 6.54. The number of hydrogen-bond acceptors (Lipinski definition) is 7. The summed E-state index contributed by atoms with van der Waals surface area (Å²) in [6.07, 6.45) is 1.54. The van der Waals surface area contributed by atoms with Crippen LogP contribution in [0.1, 0.15) is 25.3 Å². The molecule has 0 spiro atoms. The summed E-state index contributed by atoms with van der Waals surface area (Å²) >= 11 is 6.30. The van der Waals surface area contributed by atoms with Gasteiger partial charge in [0.1, 0.15) is 17.9 Å². The number of carbonyl (C=O) groups excluding carboxylic acids is 2. The van der Waals surface area contributed by atoms with Crippen LogP contribution >= 0.6 is 18.9 Å². The van der Waals surface area contributed by atoms with E-state index in [2.05, 4.69) is 5.09 Å². The molecule has 0 bridgehead atoms. The van der Waals surface area contributed by atoms with E-state index in [1.165, 1.54) is 7.11 Å². The fourth-order valence-electron chi connectivity index (χ4n) is 3.06. The maximum atomic E-state index is 12.2. The summed E-state index contributed by atoms with van der Waals surface area (Å²) in [5, 5.41) is 4.88. The first-order chi connectivity index (χ1) is 14.4. The minimum atomic E-state index is -1.59. The van der Waals surface area contributed by atoms with Gasteiger partial charge in [0.15, 0.2) is 0 Å². The minimum Gasteiger partial charge on any atom is -0.469 e. The lowest BCUT2D eigenvalue weighted by Gasteiger charge is -2.24. The lowest BCUT2D eigenvalue weighted by molar-refractivity contribution is -0.154. The molecule has 0 radical (unpaired) electrons. The number of nitrogens with one attached hydrogen (secondary N) is 1. The highest BCUT2D eigenvalue weighted by atomic mass is 35.7. The van der Waals surface area contributed by atoms with Crippen LogP contribution in [-0.4, -0.2) is 44.4 Å². The van der Waals surface area contributed by atoms with Crippen molar-refractivity contribution >= 4 is 41.6 Å². The summed E-state index contributed by atoms with van der Waals surface area (Å²) in [5.41, 5.74) is 0.876. The number of carbonyl (C=O) groups is 2. The molecular formula is C21H25ClNO6P. The van der Waals surface area contributed by atoms with Gasteiger partial charge in [-0.3, -0.25) is 9.59 Å². The van der Waals surface area contributed by atoms with Gasteiger partial charge in [-0.25, -0.2) is 5.09 Å². The lowest BCUT2D eigenvalue weighted by Crippen LogP contribution is -2.36. The number of fused-ring (bicyclic) bond motifs is 1. The van der Waals surface area contributed by atoms with E-state index in [1.54, 1.807) is 13.0 Å². The second-order valence-corrected chi connectivity index (χ2v) is 8.88. The molecule has 9 heteroatoms. The molecule has 1 aliphatic heterocycles. The highest BCUT2D eigenvalue weighted by Gasteiger charge is 2.24. The molecule has 1 heterocycles. The van der Waals surface area contributed by atoms with E-state index in [9.17, 15) is 9.59 Å². The molecule has 0 amide bonds. The fourth-order valence-corrected chi connectivity index (χ4v) is 4.50. The number of halogens is 1. The highest BCUT2D eigenvalue weighted by Crippen LogP contribution is 2.40. The first-order valence-corrected chi connectivity index (χ1v) is 11.9.